The fraction of sp³-hybridized carbons (Fsp3) is 0.0909. The van der Waals surface area contributed by atoms with Crippen LogP contribution in [0, 0.1) is 6.92 Å². The molecule has 0 saturated heterocycles. The molecule has 5 heteroatoms. The van der Waals surface area contributed by atoms with Crippen molar-refractivity contribution in [2.24, 2.45) is 0 Å². The number of fused-ring (bicyclic) bond motifs is 2. The number of amides is 1. The highest BCUT2D eigenvalue weighted by Gasteiger charge is 2.19. The van der Waals surface area contributed by atoms with E-state index in [1.54, 1.807) is 31.3 Å². The van der Waals surface area contributed by atoms with Crippen LogP contribution in [0.5, 0.6) is 5.75 Å². The topological polar surface area (TPSA) is 79.5 Å². The van der Waals surface area contributed by atoms with Gasteiger partial charge < -0.3 is 14.8 Å². The summed E-state index contributed by atoms with van der Waals surface area (Å²) in [6, 6.07) is 15.1. The standard InChI is InChI=1S/C22H17NO4/c1-12-9-13(22(26)23-2)3-6-16(12)21-17-7-4-14(24)10-19(17)27-20-11-15(25)5-8-18(20)21/h3-11,24H,1-2H3,(H,23,26). The number of benzene rings is 3. The summed E-state index contributed by atoms with van der Waals surface area (Å²) in [5.41, 5.74) is 4.45. The Labute approximate surface area is 155 Å². The lowest BCUT2D eigenvalue weighted by Gasteiger charge is -2.17. The van der Waals surface area contributed by atoms with Crippen molar-refractivity contribution in [3.8, 4) is 28.2 Å². The second kappa shape index (κ2) is 6.29. The molecule has 1 amide bonds. The Bertz CT molecular complexity index is 1220. The zero-order chi connectivity index (χ0) is 19.1. The van der Waals surface area contributed by atoms with E-state index in [-0.39, 0.29) is 17.1 Å². The molecule has 0 unspecified atom stereocenters. The molecule has 27 heavy (non-hydrogen) atoms. The van der Waals surface area contributed by atoms with Gasteiger partial charge in [0.05, 0.1) is 0 Å². The van der Waals surface area contributed by atoms with Gasteiger partial charge in [0.25, 0.3) is 5.91 Å². The van der Waals surface area contributed by atoms with E-state index in [0.717, 1.165) is 27.6 Å². The summed E-state index contributed by atoms with van der Waals surface area (Å²) in [5, 5.41) is 13.3. The first-order valence-corrected chi connectivity index (χ1v) is 8.50. The van der Waals surface area contributed by atoms with Crippen molar-refractivity contribution in [2.45, 2.75) is 6.92 Å². The Hall–Kier alpha value is -3.60. The number of hydrogen-bond acceptors (Lipinski definition) is 4. The molecule has 0 fully saturated rings. The highest BCUT2D eigenvalue weighted by atomic mass is 16.3. The van der Waals surface area contributed by atoms with Gasteiger partial charge in [-0.1, -0.05) is 6.07 Å². The maximum absolute atomic E-state index is 11.9. The second-order valence-electron chi connectivity index (χ2n) is 6.42. The predicted molar refractivity (Wildman–Crippen MR) is 104 cm³/mol. The van der Waals surface area contributed by atoms with Crippen LogP contribution in [-0.2, 0) is 0 Å². The summed E-state index contributed by atoms with van der Waals surface area (Å²) in [4.78, 5) is 23.7. The van der Waals surface area contributed by atoms with Crippen LogP contribution in [0.4, 0.5) is 0 Å². The number of hydrogen-bond donors (Lipinski definition) is 2. The molecule has 2 aromatic carbocycles. The first-order chi connectivity index (χ1) is 13.0. The summed E-state index contributed by atoms with van der Waals surface area (Å²) in [7, 11) is 1.60. The fourth-order valence-corrected chi connectivity index (χ4v) is 3.38. The molecule has 134 valence electrons. The van der Waals surface area contributed by atoms with Crippen LogP contribution in [0.2, 0.25) is 0 Å². The SMILES string of the molecule is CNC(=O)c1ccc(-c2c3ccc(=O)cc-3oc3cc(O)ccc23)c(C)c1. The van der Waals surface area contributed by atoms with Crippen molar-refractivity contribution in [2.75, 3.05) is 7.05 Å². The van der Waals surface area contributed by atoms with Crippen LogP contribution >= 0.6 is 0 Å². The Morgan fingerprint density at radius 1 is 1.00 bits per heavy atom. The minimum atomic E-state index is -0.150. The first-order valence-electron chi connectivity index (χ1n) is 8.50. The molecule has 4 rings (SSSR count). The molecular formula is C22H17NO4. The lowest BCUT2D eigenvalue weighted by Crippen LogP contribution is -2.17. The Morgan fingerprint density at radius 3 is 2.52 bits per heavy atom. The first kappa shape index (κ1) is 16.8. The number of carbonyl (C=O) groups excluding carboxylic acids is 1. The van der Waals surface area contributed by atoms with Crippen molar-refractivity contribution in [3.05, 3.63) is 75.9 Å². The molecule has 5 nitrogen and oxygen atoms in total. The van der Waals surface area contributed by atoms with E-state index in [1.807, 2.05) is 19.1 Å². The largest absolute Gasteiger partial charge is 0.508 e. The highest BCUT2D eigenvalue weighted by molar-refractivity contribution is 6.03. The molecule has 1 aliphatic heterocycles. The highest BCUT2D eigenvalue weighted by Crippen LogP contribution is 2.41. The van der Waals surface area contributed by atoms with Crippen molar-refractivity contribution < 1.29 is 14.3 Å². The van der Waals surface area contributed by atoms with E-state index >= 15 is 0 Å². The summed E-state index contributed by atoms with van der Waals surface area (Å²) < 4.78 is 5.87. The van der Waals surface area contributed by atoms with E-state index in [1.165, 1.54) is 18.2 Å². The third kappa shape index (κ3) is 2.83. The number of carbonyl (C=O) groups is 1. The average molecular weight is 359 g/mol. The van der Waals surface area contributed by atoms with Gasteiger partial charge in [0.15, 0.2) is 5.43 Å². The number of nitrogens with one attached hydrogen (secondary N) is 1. The fourth-order valence-electron chi connectivity index (χ4n) is 3.38. The smallest absolute Gasteiger partial charge is 0.251 e. The summed E-state index contributed by atoms with van der Waals surface area (Å²) in [5.74, 6) is 0.384. The lowest BCUT2D eigenvalue weighted by molar-refractivity contribution is 0.0963. The number of rotatable bonds is 2. The molecule has 0 radical (unpaired) electrons. The maximum atomic E-state index is 11.9. The van der Waals surface area contributed by atoms with E-state index in [9.17, 15) is 14.7 Å². The van der Waals surface area contributed by atoms with Crippen molar-refractivity contribution in [1.29, 1.82) is 0 Å². The van der Waals surface area contributed by atoms with Gasteiger partial charge in [-0.2, -0.15) is 0 Å². The van der Waals surface area contributed by atoms with E-state index in [2.05, 4.69) is 5.32 Å². The molecule has 0 atom stereocenters. The Balaban J connectivity index is 2.08. The third-order valence-corrected chi connectivity index (χ3v) is 4.66. The molecule has 0 aromatic heterocycles. The summed E-state index contributed by atoms with van der Waals surface area (Å²) in [6.45, 7) is 1.94. The number of aromatic hydroxyl groups is 1. The van der Waals surface area contributed by atoms with Gasteiger partial charge in [-0.15, -0.1) is 0 Å². The zero-order valence-corrected chi connectivity index (χ0v) is 14.9. The van der Waals surface area contributed by atoms with Crippen LogP contribution in [0.15, 0.2) is 63.8 Å². The van der Waals surface area contributed by atoms with Gasteiger partial charge in [0, 0.05) is 41.3 Å². The van der Waals surface area contributed by atoms with Crippen molar-refractivity contribution >= 4 is 16.9 Å². The van der Waals surface area contributed by atoms with Crippen LogP contribution in [0.3, 0.4) is 0 Å². The monoisotopic (exact) mass is 359 g/mol. The van der Waals surface area contributed by atoms with Crippen LogP contribution in [0.25, 0.3) is 33.4 Å². The van der Waals surface area contributed by atoms with Gasteiger partial charge in [0.1, 0.15) is 17.1 Å². The van der Waals surface area contributed by atoms with Gasteiger partial charge in [-0.25, -0.2) is 0 Å². The molecule has 2 N–H and O–H groups in total. The molecule has 0 bridgehead atoms. The van der Waals surface area contributed by atoms with Gasteiger partial charge in [0.2, 0.25) is 0 Å². The molecule has 1 heterocycles. The molecule has 1 aliphatic carbocycles. The quantitative estimate of drug-likeness (QED) is 0.531. The number of phenols is 1. The molecule has 0 spiro atoms. The van der Waals surface area contributed by atoms with Crippen molar-refractivity contribution in [1.82, 2.24) is 5.32 Å². The minimum Gasteiger partial charge on any atom is -0.508 e. The Kier molecular flexibility index (Phi) is 3.92. The van der Waals surface area contributed by atoms with Gasteiger partial charge >= 0.3 is 0 Å². The van der Waals surface area contributed by atoms with Crippen LogP contribution in [0.1, 0.15) is 15.9 Å². The molecular weight excluding hydrogens is 342 g/mol. The van der Waals surface area contributed by atoms with Crippen molar-refractivity contribution in [3.63, 3.8) is 0 Å². The van der Waals surface area contributed by atoms with Gasteiger partial charge in [-0.3, -0.25) is 9.59 Å². The average Bonchev–Trinajstić information content (AvgIpc) is 2.65. The van der Waals surface area contributed by atoms with E-state index < -0.39 is 0 Å². The van der Waals surface area contributed by atoms with Crippen LogP contribution in [-0.4, -0.2) is 18.1 Å². The van der Waals surface area contributed by atoms with Gasteiger partial charge in [-0.05, 0) is 54.4 Å². The minimum absolute atomic E-state index is 0.0847. The predicted octanol–water partition coefficient (Wildman–Crippen LogP) is 3.94. The van der Waals surface area contributed by atoms with Crippen LogP contribution < -0.4 is 10.7 Å². The molecule has 0 saturated carbocycles. The zero-order valence-electron chi connectivity index (χ0n) is 14.9. The number of phenolic OH excluding ortho intramolecular Hbond substituents is 1. The third-order valence-electron chi connectivity index (χ3n) is 4.66. The molecule has 2 aliphatic rings. The van der Waals surface area contributed by atoms with E-state index in [4.69, 9.17) is 4.42 Å². The normalized spacial score (nSPS) is 11.0. The maximum Gasteiger partial charge on any atom is 0.251 e. The van der Waals surface area contributed by atoms with E-state index in [0.29, 0.717) is 16.9 Å². The summed E-state index contributed by atoms with van der Waals surface area (Å²) in [6.07, 6.45) is 0. The molecule has 2 aromatic rings. The lowest BCUT2D eigenvalue weighted by atomic mass is 9.90. The second-order valence-corrected chi connectivity index (χ2v) is 6.42. The number of aryl methyl sites for hydroxylation is 1. The summed E-state index contributed by atoms with van der Waals surface area (Å²) >= 11 is 0. The Morgan fingerprint density at radius 2 is 1.78 bits per heavy atom.